The summed E-state index contributed by atoms with van der Waals surface area (Å²) in [5.74, 6) is 0.0591. The van der Waals surface area contributed by atoms with E-state index < -0.39 is 0 Å². The fraction of sp³-hybridized carbons (Fsp3) is 0.333. The van der Waals surface area contributed by atoms with Crippen molar-refractivity contribution in [2.24, 2.45) is 0 Å². The lowest BCUT2D eigenvalue weighted by molar-refractivity contribution is 0.174. The molecule has 0 aliphatic heterocycles. The van der Waals surface area contributed by atoms with Crippen molar-refractivity contribution >= 4 is 27.9 Å². The Hall–Kier alpha value is -1.67. The number of rotatable bonds is 6. The van der Waals surface area contributed by atoms with Crippen molar-refractivity contribution in [2.45, 2.75) is 13.0 Å². The van der Waals surface area contributed by atoms with E-state index in [2.05, 4.69) is 15.0 Å². The monoisotopic (exact) mass is 352 g/mol. The van der Waals surface area contributed by atoms with Crippen molar-refractivity contribution in [3.63, 3.8) is 0 Å². The predicted molar refractivity (Wildman–Crippen MR) is 90.2 cm³/mol. The molecule has 0 amide bonds. The zero-order valence-electron chi connectivity index (χ0n) is 12.6. The number of aromatic nitrogens is 3. The molecule has 0 radical (unpaired) electrons. The number of benzene rings is 1. The van der Waals surface area contributed by atoms with Crippen LogP contribution in [0.15, 0.2) is 30.6 Å². The average molecular weight is 353 g/mol. The van der Waals surface area contributed by atoms with E-state index in [1.807, 2.05) is 31.2 Å². The minimum atomic E-state index is -0.269. The maximum atomic E-state index is 10.6. The molecule has 0 aliphatic rings. The molecule has 122 valence electrons. The molecular weight excluding hydrogens is 336 g/mol. The molecule has 0 saturated heterocycles. The Morgan fingerprint density at radius 2 is 2.17 bits per heavy atom. The number of thiazole rings is 1. The first-order valence-corrected chi connectivity index (χ1v) is 8.47. The van der Waals surface area contributed by atoms with E-state index >= 15 is 0 Å². The van der Waals surface area contributed by atoms with Gasteiger partial charge in [-0.1, -0.05) is 48.1 Å². The van der Waals surface area contributed by atoms with Gasteiger partial charge in [-0.15, -0.1) is 0 Å². The van der Waals surface area contributed by atoms with E-state index in [0.29, 0.717) is 28.0 Å². The molecule has 3 rings (SSSR count). The summed E-state index contributed by atoms with van der Waals surface area (Å²) in [5.41, 5.74) is 0.879. The van der Waals surface area contributed by atoms with Gasteiger partial charge in [0, 0.05) is 11.6 Å². The largest absolute Gasteiger partial charge is 0.492 e. The lowest BCUT2D eigenvalue weighted by Gasteiger charge is -2.30. The number of hydrogen-bond donors (Lipinski definition) is 2. The zero-order valence-corrected chi connectivity index (χ0v) is 14.1. The third kappa shape index (κ3) is 2.92. The van der Waals surface area contributed by atoms with Gasteiger partial charge < -0.3 is 10.2 Å². The number of aromatic hydroxyl groups is 1. The summed E-state index contributed by atoms with van der Waals surface area (Å²) >= 11 is 7.76. The highest BCUT2D eigenvalue weighted by molar-refractivity contribution is 7.17. The van der Waals surface area contributed by atoms with Crippen LogP contribution in [0.3, 0.4) is 0 Å². The summed E-state index contributed by atoms with van der Waals surface area (Å²) in [6.45, 7) is 3.20. The number of fused-ring (bicyclic) bond motifs is 1. The molecule has 2 heterocycles. The SMILES string of the molecule is CCN(CCO)C(c1ccccc1Cl)c1sc2ncnn2c1O. The molecule has 6 nitrogen and oxygen atoms in total. The van der Waals surface area contributed by atoms with Gasteiger partial charge in [0.1, 0.15) is 6.33 Å². The Morgan fingerprint density at radius 1 is 1.39 bits per heavy atom. The summed E-state index contributed by atoms with van der Waals surface area (Å²) < 4.78 is 1.41. The van der Waals surface area contributed by atoms with Gasteiger partial charge in [-0.2, -0.15) is 9.61 Å². The van der Waals surface area contributed by atoms with Gasteiger partial charge >= 0.3 is 0 Å². The highest BCUT2D eigenvalue weighted by atomic mass is 35.5. The smallest absolute Gasteiger partial charge is 0.230 e. The van der Waals surface area contributed by atoms with Crippen molar-refractivity contribution in [1.82, 2.24) is 19.5 Å². The van der Waals surface area contributed by atoms with E-state index in [-0.39, 0.29) is 18.5 Å². The van der Waals surface area contributed by atoms with E-state index in [1.54, 1.807) is 0 Å². The molecule has 2 aromatic heterocycles. The van der Waals surface area contributed by atoms with Crippen molar-refractivity contribution in [1.29, 1.82) is 0 Å². The summed E-state index contributed by atoms with van der Waals surface area (Å²) in [6.07, 6.45) is 1.41. The Bertz CT molecular complexity index is 804. The number of aliphatic hydroxyl groups excluding tert-OH is 1. The van der Waals surface area contributed by atoms with E-state index in [1.165, 1.54) is 22.2 Å². The van der Waals surface area contributed by atoms with Crippen LogP contribution in [0.4, 0.5) is 0 Å². The molecule has 0 aliphatic carbocycles. The third-order valence-corrected chi connectivity index (χ3v) is 5.18. The van der Waals surface area contributed by atoms with E-state index in [9.17, 15) is 10.2 Å². The van der Waals surface area contributed by atoms with Gasteiger partial charge in [-0.25, -0.2) is 4.98 Å². The summed E-state index contributed by atoms with van der Waals surface area (Å²) in [4.78, 5) is 7.53. The lowest BCUT2D eigenvalue weighted by Crippen LogP contribution is -2.32. The molecule has 1 unspecified atom stereocenters. The Balaban J connectivity index is 2.16. The Labute approximate surface area is 142 Å². The van der Waals surface area contributed by atoms with Crippen LogP contribution in [0.25, 0.3) is 4.96 Å². The van der Waals surface area contributed by atoms with Crippen LogP contribution in [-0.2, 0) is 0 Å². The van der Waals surface area contributed by atoms with Gasteiger partial charge in [-0.3, -0.25) is 4.90 Å². The second-order valence-corrected chi connectivity index (χ2v) is 6.44. The maximum Gasteiger partial charge on any atom is 0.230 e. The number of nitrogens with zero attached hydrogens (tertiary/aromatic N) is 4. The molecule has 0 spiro atoms. The number of aliphatic hydroxyl groups is 1. The molecule has 23 heavy (non-hydrogen) atoms. The summed E-state index contributed by atoms with van der Waals surface area (Å²) in [7, 11) is 0. The topological polar surface area (TPSA) is 73.9 Å². The van der Waals surface area contributed by atoms with Gasteiger partial charge in [0.2, 0.25) is 10.8 Å². The number of hydrogen-bond acceptors (Lipinski definition) is 6. The van der Waals surface area contributed by atoms with Gasteiger partial charge in [0.15, 0.2) is 0 Å². The molecule has 0 saturated carbocycles. The first-order valence-electron chi connectivity index (χ1n) is 7.28. The minimum absolute atomic E-state index is 0.0241. The van der Waals surface area contributed by atoms with Crippen molar-refractivity contribution in [3.05, 3.63) is 46.1 Å². The van der Waals surface area contributed by atoms with Gasteiger partial charge in [0.25, 0.3) is 0 Å². The molecule has 0 bridgehead atoms. The third-order valence-electron chi connectivity index (χ3n) is 3.75. The fourth-order valence-corrected chi connectivity index (χ4v) is 3.99. The quantitative estimate of drug-likeness (QED) is 0.713. The average Bonchev–Trinajstić information content (AvgIpc) is 3.12. The molecule has 2 N–H and O–H groups in total. The predicted octanol–water partition coefficient (Wildman–Crippen LogP) is 2.55. The number of halogens is 1. The van der Waals surface area contributed by atoms with Crippen molar-refractivity contribution in [2.75, 3.05) is 19.7 Å². The van der Waals surface area contributed by atoms with Crippen LogP contribution in [0.2, 0.25) is 5.02 Å². The van der Waals surface area contributed by atoms with Gasteiger partial charge in [0.05, 0.1) is 17.5 Å². The van der Waals surface area contributed by atoms with Crippen LogP contribution in [0.1, 0.15) is 23.4 Å². The van der Waals surface area contributed by atoms with Crippen LogP contribution in [0.5, 0.6) is 5.88 Å². The number of likely N-dealkylation sites (N-methyl/N-ethyl adjacent to an activating group) is 1. The molecule has 1 aromatic carbocycles. The molecular formula is C15H17ClN4O2S. The first kappa shape index (κ1) is 16.2. The second-order valence-electron chi connectivity index (χ2n) is 5.02. The Morgan fingerprint density at radius 3 is 2.83 bits per heavy atom. The highest BCUT2D eigenvalue weighted by Gasteiger charge is 2.29. The van der Waals surface area contributed by atoms with E-state index in [0.717, 1.165) is 5.56 Å². The molecule has 8 heteroatoms. The molecule has 0 fully saturated rings. The first-order chi connectivity index (χ1) is 11.2. The maximum absolute atomic E-state index is 10.6. The standard InChI is InChI=1S/C15H17ClN4O2S/c1-2-19(7-8-21)12(10-5-3-4-6-11(10)16)13-14(22)20-15(23-13)17-9-18-20/h3-6,9,12,21-22H,2,7-8H2,1H3. The van der Waals surface area contributed by atoms with Crippen molar-refractivity contribution < 1.29 is 10.2 Å². The highest BCUT2D eigenvalue weighted by Crippen LogP contribution is 2.41. The summed E-state index contributed by atoms with van der Waals surface area (Å²) in [6, 6.07) is 7.27. The van der Waals surface area contributed by atoms with E-state index in [4.69, 9.17) is 11.6 Å². The minimum Gasteiger partial charge on any atom is -0.492 e. The summed E-state index contributed by atoms with van der Waals surface area (Å²) in [5, 5.41) is 24.6. The normalized spacial score (nSPS) is 13.0. The van der Waals surface area contributed by atoms with Crippen LogP contribution >= 0.6 is 22.9 Å². The fourth-order valence-electron chi connectivity index (χ4n) is 2.67. The Kier molecular flexibility index (Phi) is 4.82. The zero-order chi connectivity index (χ0) is 16.4. The van der Waals surface area contributed by atoms with Crippen LogP contribution in [0, 0.1) is 0 Å². The van der Waals surface area contributed by atoms with Gasteiger partial charge in [-0.05, 0) is 18.2 Å². The van der Waals surface area contributed by atoms with Crippen LogP contribution < -0.4 is 0 Å². The molecule has 1 atom stereocenters. The van der Waals surface area contributed by atoms with Crippen molar-refractivity contribution in [3.8, 4) is 5.88 Å². The van der Waals surface area contributed by atoms with Crippen LogP contribution in [-0.4, -0.2) is 49.4 Å². The lowest BCUT2D eigenvalue weighted by atomic mass is 10.0. The second kappa shape index (κ2) is 6.84. The molecule has 3 aromatic rings.